The van der Waals surface area contributed by atoms with Crippen LogP contribution in [0, 0.1) is 0 Å². The van der Waals surface area contributed by atoms with E-state index in [-0.39, 0.29) is 25.2 Å². The van der Waals surface area contributed by atoms with Crippen LogP contribution in [0.3, 0.4) is 0 Å². The lowest BCUT2D eigenvalue weighted by atomic mass is 10.0. The normalized spacial score (nSPS) is 12.0. The molecule has 0 rings (SSSR count). The quantitative estimate of drug-likeness (QED) is 0.0541. The van der Waals surface area contributed by atoms with Gasteiger partial charge in [-0.2, -0.15) is 0 Å². The largest absolute Gasteiger partial charge is 0.463 e. The molecule has 0 heterocycles. The van der Waals surface area contributed by atoms with Crippen LogP contribution in [0.25, 0.3) is 0 Å². The number of ether oxygens (including phenoxy) is 2. The Morgan fingerprint density at radius 1 is 0.378 bits per heavy atom. The van der Waals surface area contributed by atoms with Gasteiger partial charge in [0.15, 0.2) is 0 Å². The van der Waals surface area contributed by atoms with Gasteiger partial charge in [0.2, 0.25) is 0 Å². The summed E-state index contributed by atoms with van der Waals surface area (Å²) in [5.74, 6) is -0.550. The van der Waals surface area contributed by atoms with E-state index in [0.29, 0.717) is 12.8 Å². The van der Waals surface area contributed by atoms with Crippen molar-refractivity contribution < 1.29 is 24.2 Å². The molecule has 0 unspecified atom stereocenters. The summed E-state index contributed by atoms with van der Waals surface area (Å²) in [6.45, 7) is 4.33. The summed E-state index contributed by atoms with van der Waals surface area (Å²) in [4.78, 5) is 23.9. The van der Waals surface area contributed by atoms with Crippen LogP contribution in [-0.4, -0.2) is 36.4 Å². The first kappa shape index (κ1) is 43.9. The van der Waals surface area contributed by atoms with Gasteiger partial charge < -0.3 is 14.6 Å². The molecule has 5 nitrogen and oxygen atoms in total. The van der Waals surface area contributed by atoms with Crippen LogP contribution in [0.5, 0.6) is 0 Å². The van der Waals surface area contributed by atoms with Gasteiger partial charge in [0.1, 0.15) is 19.3 Å². The smallest absolute Gasteiger partial charge is 0.305 e. The molecule has 0 radical (unpaired) electrons. The number of aliphatic hydroxyl groups excluding tert-OH is 1. The Balaban J connectivity index is 3.36. The molecule has 0 aliphatic carbocycles. The molecular formula is C40H78O5. The van der Waals surface area contributed by atoms with Gasteiger partial charge in [0.25, 0.3) is 0 Å². The molecule has 0 spiro atoms. The molecule has 0 fully saturated rings. The van der Waals surface area contributed by atoms with Crippen LogP contribution < -0.4 is 0 Å². The van der Waals surface area contributed by atoms with Crippen molar-refractivity contribution in [3.8, 4) is 0 Å². The third-order valence-corrected chi connectivity index (χ3v) is 9.09. The van der Waals surface area contributed by atoms with E-state index in [1.54, 1.807) is 0 Å². The zero-order valence-electron chi connectivity index (χ0n) is 30.4. The van der Waals surface area contributed by atoms with E-state index in [2.05, 4.69) is 13.8 Å². The van der Waals surface area contributed by atoms with Crippen molar-refractivity contribution in [3.05, 3.63) is 0 Å². The molecule has 0 aliphatic rings. The zero-order valence-corrected chi connectivity index (χ0v) is 30.4. The third-order valence-electron chi connectivity index (χ3n) is 9.09. The Labute approximate surface area is 280 Å². The molecule has 268 valence electrons. The van der Waals surface area contributed by atoms with Crippen molar-refractivity contribution >= 4 is 11.9 Å². The molecule has 1 N–H and O–H groups in total. The van der Waals surface area contributed by atoms with Crippen molar-refractivity contribution in [2.75, 3.05) is 13.2 Å². The zero-order chi connectivity index (χ0) is 32.9. The summed E-state index contributed by atoms with van der Waals surface area (Å²) in [6, 6.07) is 0. The first-order chi connectivity index (χ1) is 22.1. The van der Waals surface area contributed by atoms with E-state index in [1.165, 1.54) is 173 Å². The van der Waals surface area contributed by atoms with Gasteiger partial charge in [-0.25, -0.2) is 0 Å². The van der Waals surface area contributed by atoms with E-state index < -0.39 is 6.10 Å². The van der Waals surface area contributed by atoms with Crippen molar-refractivity contribution in [1.82, 2.24) is 0 Å². The number of aliphatic hydroxyl groups is 1. The van der Waals surface area contributed by atoms with Crippen LogP contribution in [0.15, 0.2) is 0 Å². The van der Waals surface area contributed by atoms with E-state index in [0.717, 1.165) is 25.7 Å². The van der Waals surface area contributed by atoms with Gasteiger partial charge in [-0.05, 0) is 12.8 Å². The minimum absolute atomic E-state index is 0.107. The monoisotopic (exact) mass is 639 g/mol. The van der Waals surface area contributed by atoms with E-state index in [4.69, 9.17) is 9.47 Å². The molecule has 0 aromatic carbocycles. The van der Waals surface area contributed by atoms with E-state index in [1.807, 2.05) is 0 Å². The molecule has 1 atom stereocenters. The highest BCUT2D eigenvalue weighted by molar-refractivity contribution is 5.69. The average Bonchev–Trinajstić information content (AvgIpc) is 3.04. The molecule has 0 aromatic heterocycles. The van der Waals surface area contributed by atoms with Gasteiger partial charge in [0, 0.05) is 12.8 Å². The first-order valence-electron chi connectivity index (χ1n) is 20.1. The maximum Gasteiger partial charge on any atom is 0.305 e. The number of rotatable bonds is 37. The van der Waals surface area contributed by atoms with Crippen LogP contribution in [-0.2, 0) is 19.1 Å². The predicted octanol–water partition coefficient (Wildman–Crippen LogP) is 12.3. The Morgan fingerprint density at radius 2 is 0.578 bits per heavy atom. The second kappa shape index (κ2) is 37.4. The SMILES string of the molecule is CCCCCCCCCCCCCCCCCCCCC(=O)OC[C@H](O)COC(=O)CCCCCCCCCCCCCCC. The van der Waals surface area contributed by atoms with Crippen molar-refractivity contribution in [2.45, 2.75) is 232 Å². The summed E-state index contributed by atoms with van der Waals surface area (Å²) in [6.07, 6.45) is 40.1. The first-order valence-corrected chi connectivity index (χ1v) is 20.1. The minimum Gasteiger partial charge on any atom is -0.463 e. The van der Waals surface area contributed by atoms with Crippen molar-refractivity contribution in [1.29, 1.82) is 0 Å². The van der Waals surface area contributed by atoms with Gasteiger partial charge in [-0.3, -0.25) is 9.59 Å². The Bertz CT molecular complexity index is 607. The molecule has 0 aliphatic heterocycles. The summed E-state index contributed by atoms with van der Waals surface area (Å²) in [5.41, 5.74) is 0. The maximum atomic E-state index is 12.0. The van der Waals surface area contributed by atoms with Crippen LogP contribution >= 0.6 is 0 Å². The van der Waals surface area contributed by atoms with Crippen molar-refractivity contribution in [3.63, 3.8) is 0 Å². The minimum atomic E-state index is -0.954. The molecular weight excluding hydrogens is 560 g/mol. The summed E-state index contributed by atoms with van der Waals surface area (Å²) < 4.78 is 10.3. The standard InChI is InChI=1S/C40H78O5/c1-3-5-7-9-11-13-15-17-18-19-20-21-23-25-27-29-31-33-35-40(43)45-37-38(41)36-44-39(42)34-32-30-28-26-24-22-16-14-12-10-8-6-4-2/h38,41H,3-37H2,1-2H3/t38-/m1/s1. The summed E-state index contributed by atoms with van der Waals surface area (Å²) in [5, 5.41) is 10.0. The topological polar surface area (TPSA) is 72.8 Å². The summed E-state index contributed by atoms with van der Waals surface area (Å²) >= 11 is 0. The second-order valence-electron chi connectivity index (χ2n) is 13.8. The molecule has 0 amide bonds. The van der Waals surface area contributed by atoms with Crippen LogP contribution in [0.4, 0.5) is 0 Å². The lowest BCUT2D eigenvalue weighted by Crippen LogP contribution is -2.25. The highest BCUT2D eigenvalue weighted by Crippen LogP contribution is 2.15. The fourth-order valence-corrected chi connectivity index (χ4v) is 6.03. The maximum absolute atomic E-state index is 12.0. The lowest BCUT2D eigenvalue weighted by molar-refractivity contribution is -0.152. The molecule has 5 heteroatoms. The van der Waals surface area contributed by atoms with Gasteiger partial charge >= 0.3 is 11.9 Å². The number of esters is 2. The van der Waals surface area contributed by atoms with E-state index >= 15 is 0 Å². The second-order valence-corrected chi connectivity index (χ2v) is 13.8. The fraction of sp³-hybridized carbons (Fsp3) is 0.950. The summed E-state index contributed by atoms with van der Waals surface area (Å²) in [7, 11) is 0. The molecule has 0 bridgehead atoms. The highest BCUT2D eigenvalue weighted by Gasteiger charge is 2.12. The third kappa shape index (κ3) is 37.2. The number of unbranched alkanes of at least 4 members (excludes halogenated alkanes) is 29. The number of carbonyl (C=O) groups excluding carboxylic acids is 2. The molecule has 0 saturated heterocycles. The highest BCUT2D eigenvalue weighted by atomic mass is 16.6. The van der Waals surface area contributed by atoms with Crippen molar-refractivity contribution in [2.24, 2.45) is 0 Å². The number of carbonyl (C=O) groups is 2. The van der Waals surface area contributed by atoms with Gasteiger partial charge in [0.05, 0.1) is 0 Å². The van der Waals surface area contributed by atoms with Gasteiger partial charge in [-0.1, -0.05) is 200 Å². The lowest BCUT2D eigenvalue weighted by Gasteiger charge is -2.12. The number of hydrogen-bond acceptors (Lipinski definition) is 5. The Kier molecular flexibility index (Phi) is 36.4. The average molecular weight is 639 g/mol. The Hall–Kier alpha value is -1.10. The van der Waals surface area contributed by atoms with Gasteiger partial charge in [-0.15, -0.1) is 0 Å². The van der Waals surface area contributed by atoms with Crippen LogP contribution in [0.1, 0.15) is 226 Å². The predicted molar refractivity (Wildman–Crippen MR) is 192 cm³/mol. The Morgan fingerprint density at radius 3 is 0.800 bits per heavy atom. The molecule has 0 saturated carbocycles. The van der Waals surface area contributed by atoms with Crippen LogP contribution in [0.2, 0.25) is 0 Å². The molecule has 0 aromatic rings. The molecule has 45 heavy (non-hydrogen) atoms. The van der Waals surface area contributed by atoms with E-state index in [9.17, 15) is 14.7 Å². The fourth-order valence-electron chi connectivity index (χ4n) is 6.03. The number of hydrogen-bond donors (Lipinski definition) is 1.